The zero-order chi connectivity index (χ0) is 8.48. The third kappa shape index (κ3) is 1.71. The highest BCUT2D eigenvalue weighted by Crippen LogP contribution is 2.26. The zero-order valence-electron chi connectivity index (χ0n) is 6.36. The average molecular weight is 172 g/mol. The van der Waals surface area contributed by atoms with Crippen molar-refractivity contribution in [2.75, 3.05) is 11.5 Å². The van der Waals surface area contributed by atoms with E-state index in [0.717, 1.165) is 0 Å². The quantitative estimate of drug-likeness (QED) is 0.583. The molecule has 3 heteroatoms. The Morgan fingerprint density at radius 2 is 1.45 bits per heavy atom. The van der Waals surface area contributed by atoms with E-state index in [9.17, 15) is 8.42 Å². The van der Waals surface area contributed by atoms with Crippen LogP contribution in [0.3, 0.4) is 0 Å². The second kappa shape index (κ2) is 2.81. The average Bonchev–Trinajstić information content (AvgIpc) is 2.25. The van der Waals surface area contributed by atoms with Crippen molar-refractivity contribution < 1.29 is 8.42 Å². The lowest BCUT2D eigenvalue weighted by Crippen LogP contribution is -2.05. The van der Waals surface area contributed by atoms with Crippen molar-refractivity contribution >= 4 is 9.84 Å². The van der Waals surface area contributed by atoms with Gasteiger partial charge >= 0.3 is 0 Å². The van der Waals surface area contributed by atoms with Gasteiger partial charge in [-0.2, -0.15) is 0 Å². The Balaban J connectivity index is 2.86. The Hall–Kier alpha value is -0.570. The van der Waals surface area contributed by atoms with Gasteiger partial charge in [0.25, 0.3) is 0 Å². The van der Waals surface area contributed by atoms with Crippen LogP contribution in [0.2, 0.25) is 0 Å². The number of hydrogen-bond acceptors (Lipinski definition) is 2. The molecule has 0 aromatic carbocycles. The lowest BCUT2D eigenvalue weighted by Gasteiger charge is -2.06. The monoisotopic (exact) mass is 172 g/mol. The van der Waals surface area contributed by atoms with E-state index in [1.807, 2.05) is 0 Å². The first-order valence-electron chi connectivity index (χ1n) is 3.54. The summed E-state index contributed by atoms with van der Waals surface area (Å²) in [5.41, 5.74) is 0. The molecule has 0 bridgehead atoms. The van der Waals surface area contributed by atoms with Crippen molar-refractivity contribution in [1.29, 1.82) is 0 Å². The minimum Gasteiger partial charge on any atom is -0.229 e. The fraction of sp³-hybridized carbons (Fsp3) is 0.500. The number of sulfone groups is 1. The summed E-state index contributed by atoms with van der Waals surface area (Å²) in [5, 5.41) is 0. The maximum Gasteiger partial charge on any atom is 0.151 e. The summed E-state index contributed by atoms with van der Waals surface area (Å²) in [7, 11) is -2.81. The first-order chi connectivity index (χ1) is 5.09. The first kappa shape index (κ1) is 8.53. The van der Waals surface area contributed by atoms with Gasteiger partial charge in [0.05, 0.1) is 11.5 Å². The fourth-order valence-corrected chi connectivity index (χ4v) is 3.46. The Kier molecular flexibility index (Phi) is 2.18. The Morgan fingerprint density at radius 3 is 1.73 bits per heavy atom. The van der Waals surface area contributed by atoms with E-state index in [4.69, 9.17) is 0 Å². The van der Waals surface area contributed by atoms with E-state index in [2.05, 4.69) is 13.2 Å². The molecule has 11 heavy (non-hydrogen) atoms. The molecule has 0 amide bonds. The van der Waals surface area contributed by atoms with Crippen molar-refractivity contribution in [3.05, 3.63) is 25.3 Å². The maximum atomic E-state index is 11.1. The van der Waals surface area contributed by atoms with Gasteiger partial charge in [-0.05, 0) is 11.8 Å². The molecule has 62 valence electrons. The molecule has 0 aromatic rings. The van der Waals surface area contributed by atoms with Crippen LogP contribution in [0, 0.1) is 11.8 Å². The highest BCUT2D eigenvalue weighted by atomic mass is 32.2. The predicted octanol–water partition coefficient (Wildman–Crippen LogP) is 1.02. The van der Waals surface area contributed by atoms with Crippen molar-refractivity contribution in [2.24, 2.45) is 11.8 Å². The van der Waals surface area contributed by atoms with Gasteiger partial charge in [0.1, 0.15) is 0 Å². The normalized spacial score (nSPS) is 34.9. The van der Waals surface area contributed by atoms with Gasteiger partial charge in [0.15, 0.2) is 9.84 Å². The molecule has 2 unspecified atom stereocenters. The van der Waals surface area contributed by atoms with E-state index in [1.54, 1.807) is 12.2 Å². The second-order valence-corrected chi connectivity index (χ2v) is 5.03. The van der Waals surface area contributed by atoms with Crippen LogP contribution in [-0.2, 0) is 9.84 Å². The fourth-order valence-electron chi connectivity index (χ4n) is 1.39. The number of allylic oxidation sites excluding steroid dienone is 2. The van der Waals surface area contributed by atoms with Crippen molar-refractivity contribution in [1.82, 2.24) is 0 Å². The first-order valence-corrected chi connectivity index (χ1v) is 5.37. The summed E-state index contributed by atoms with van der Waals surface area (Å²) < 4.78 is 22.1. The van der Waals surface area contributed by atoms with Gasteiger partial charge in [0, 0.05) is 0 Å². The van der Waals surface area contributed by atoms with Gasteiger partial charge in [-0.1, -0.05) is 12.2 Å². The smallest absolute Gasteiger partial charge is 0.151 e. The van der Waals surface area contributed by atoms with E-state index >= 15 is 0 Å². The summed E-state index contributed by atoms with van der Waals surface area (Å²) in [5.74, 6) is 0.649. The highest BCUT2D eigenvalue weighted by molar-refractivity contribution is 7.91. The molecule has 2 nitrogen and oxygen atoms in total. The lowest BCUT2D eigenvalue weighted by atomic mass is 9.97. The molecular formula is C8H12O2S. The van der Waals surface area contributed by atoms with Crippen molar-refractivity contribution in [2.45, 2.75) is 0 Å². The van der Waals surface area contributed by atoms with Crippen LogP contribution in [0.4, 0.5) is 0 Å². The number of hydrogen-bond donors (Lipinski definition) is 0. The minimum absolute atomic E-state index is 0.0810. The summed E-state index contributed by atoms with van der Waals surface area (Å²) in [6.07, 6.45) is 3.41. The molecule has 0 aliphatic carbocycles. The molecule has 1 saturated heterocycles. The molecule has 1 fully saturated rings. The number of rotatable bonds is 2. The lowest BCUT2D eigenvalue weighted by molar-refractivity contribution is 0.601. The van der Waals surface area contributed by atoms with Gasteiger partial charge in [-0.25, -0.2) is 8.42 Å². The molecule has 1 aliphatic heterocycles. The Bertz CT molecular complexity index is 242. The minimum atomic E-state index is -2.81. The highest BCUT2D eigenvalue weighted by Gasteiger charge is 2.33. The molecule has 0 N–H and O–H groups in total. The van der Waals surface area contributed by atoms with Crippen LogP contribution in [0.15, 0.2) is 25.3 Å². The van der Waals surface area contributed by atoms with Crippen LogP contribution in [0.25, 0.3) is 0 Å². The van der Waals surface area contributed by atoms with E-state index in [1.165, 1.54) is 0 Å². The molecule has 0 spiro atoms. The van der Waals surface area contributed by atoms with Crippen molar-refractivity contribution in [3.8, 4) is 0 Å². The van der Waals surface area contributed by atoms with Gasteiger partial charge in [0.2, 0.25) is 0 Å². The molecule has 1 heterocycles. The third-order valence-electron chi connectivity index (χ3n) is 2.05. The maximum absolute atomic E-state index is 11.1. The van der Waals surface area contributed by atoms with Crippen molar-refractivity contribution in [3.63, 3.8) is 0 Å². The van der Waals surface area contributed by atoms with Crippen LogP contribution in [0.1, 0.15) is 0 Å². The largest absolute Gasteiger partial charge is 0.229 e. The van der Waals surface area contributed by atoms with Crippen LogP contribution in [-0.4, -0.2) is 19.9 Å². The summed E-state index contributed by atoms with van der Waals surface area (Å²) in [6.45, 7) is 7.19. The SMILES string of the molecule is C=CC1CS(=O)(=O)CC1C=C. The molecular weight excluding hydrogens is 160 g/mol. The van der Waals surface area contributed by atoms with Gasteiger partial charge in [-0.3, -0.25) is 0 Å². The molecule has 1 rings (SSSR count). The summed E-state index contributed by atoms with van der Waals surface area (Å²) in [4.78, 5) is 0. The molecule has 0 radical (unpaired) electrons. The van der Waals surface area contributed by atoms with Crippen LogP contribution < -0.4 is 0 Å². The van der Waals surface area contributed by atoms with Crippen LogP contribution in [0.5, 0.6) is 0 Å². The van der Waals surface area contributed by atoms with Gasteiger partial charge in [-0.15, -0.1) is 13.2 Å². The predicted molar refractivity (Wildman–Crippen MR) is 46.0 cm³/mol. The summed E-state index contributed by atoms with van der Waals surface area (Å²) >= 11 is 0. The zero-order valence-corrected chi connectivity index (χ0v) is 7.18. The Morgan fingerprint density at radius 1 is 1.09 bits per heavy atom. The second-order valence-electron chi connectivity index (χ2n) is 2.88. The van der Waals surface area contributed by atoms with E-state index in [-0.39, 0.29) is 23.3 Å². The molecule has 2 atom stereocenters. The standard InChI is InChI=1S/C8H12O2S/c1-3-7-5-11(9,10)6-8(7)4-2/h3-4,7-8H,1-2,5-6H2. The van der Waals surface area contributed by atoms with Crippen LogP contribution >= 0.6 is 0 Å². The molecule has 0 aromatic heterocycles. The third-order valence-corrected chi connectivity index (χ3v) is 3.83. The van der Waals surface area contributed by atoms with Gasteiger partial charge < -0.3 is 0 Å². The van der Waals surface area contributed by atoms with E-state index < -0.39 is 9.84 Å². The Labute approximate surface area is 67.5 Å². The summed E-state index contributed by atoms with van der Waals surface area (Å²) in [6, 6.07) is 0. The molecule has 0 saturated carbocycles. The topological polar surface area (TPSA) is 34.1 Å². The molecule has 1 aliphatic rings. The van der Waals surface area contributed by atoms with E-state index in [0.29, 0.717) is 0 Å².